The van der Waals surface area contributed by atoms with Crippen molar-refractivity contribution in [1.29, 1.82) is 0 Å². The molecule has 0 fully saturated rings. The zero-order valence-corrected chi connectivity index (χ0v) is 12.2. The standard InChI is InChI=1S/C13H12Cl2FN3O/c1-2-5-17-13-18-7-10(16)12(19-13)20-11-6-8(14)3-4-9(11)15/h3-4,6-7H,2,5H2,1H3,(H,17,18,19). The van der Waals surface area contributed by atoms with Gasteiger partial charge in [-0.25, -0.2) is 4.98 Å². The molecule has 0 radical (unpaired) electrons. The number of hydrogen-bond acceptors (Lipinski definition) is 4. The molecule has 1 aromatic carbocycles. The van der Waals surface area contributed by atoms with Crippen molar-refractivity contribution < 1.29 is 9.13 Å². The zero-order chi connectivity index (χ0) is 14.5. The van der Waals surface area contributed by atoms with Crippen LogP contribution in [0.2, 0.25) is 10.0 Å². The van der Waals surface area contributed by atoms with Crippen LogP contribution in [0.25, 0.3) is 0 Å². The van der Waals surface area contributed by atoms with E-state index in [1.807, 2.05) is 6.92 Å². The molecule has 1 aromatic heterocycles. The third-order valence-electron chi connectivity index (χ3n) is 2.34. The molecule has 0 atom stereocenters. The highest BCUT2D eigenvalue weighted by atomic mass is 35.5. The van der Waals surface area contributed by atoms with E-state index in [-0.39, 0.29) is 11.6 Å². The van der Waals surface area contributed by atoms with Crippen molar-refractivity contribution in [2.75, 3.05) is 11.9 Å². The summed E-state index contributed by atoms with van der Waals surface area (Å²) in [7, 11) is 0. The highest BCUT2D eigenvalue weighted by Crippen LogP contribution is 2.32. The van der Waals surface area contributed by atoms with Gasteiger partial charge in [-0.15, -0.1) is 0 Å². The lowest BCUT2D eigenvalue weighted by Crippen LogP contribution is -2.05. The van der Waals surface area contributed by atoms with Gasteiger partial charge in [0.2, 0.25) is 11.8 Å². The minimum absolute atomic E-state index is 0.206. The van der Waals surface area contributed by atoms with Gasteiger partial charge in [0.1, 0.15) is 5.75 Å². The summed E-state index contributed by atoms with van der Waals surface area (Å²) >= 11 is 11.8. The van der Waals surface area contributed by atoms with Gasteiger partial charge >= 0.3 is 0 Å². The summed E-state index contributed by atoms with van der Waals surface area (Å²) in [5.74, 6) is -0.356. The van der Waals surface area contributed by atoms with Crippen molar-refractivity contribution in [2.45, 2.75) is 13.3 Å². The van der Waals surface area contributed by atoms with E-state index in [0.717, 1.165) is 12.6 Å². The number of aromatic nitrogens is 2. The molecule has 0 bridgehead atoms. The van der Waals surface area contributed by atoms with E-state index in [0.29, 0.717) is 22.5 Å². The summed E-state index contributed by atoms with van der Waals surface area (Å²) in [4.78, 5) is 7.78. The SMILES string of the molecule is CCCNc1ncc(F)c(Oc2cc(Cl)ccc2Cl)n1. The Morgan fingerprint density at radius 1 is 1.35 bits per heavy atom. The van der Waals surface area contributed by atoms with Crippen LogP contribution >= 0.6 is 23.2 Å². The Morgan fingerprint density at radius 2 is 2.15 bits per heavy atom. The van der Waals surface area contributed by atoms with E-state index in [2.05, 4.69) is 15.3 Å². The zero-order valence-electron chi connectivity index (χ0n) is 10.7. The fraction of sp³-hybridized carbons (Fsp3) is 0.231. The molecule has 0 amide bonds. The second-order valence-corrected chi connectivity index (χ2v) is 4.79. The van der Waals surface area contributed by atoms with Crippen LogP contribution in [0.15, 0.2) is 24.4 Å². The van der Waals surface area contributed by atoms with Crippen LogP contribution in [0.5, 0.6) is 11.6 Å². The molecule has 0 spiro atoms. The van der Waals surface area contributed by atoms with E-state index in [4.69, 9.17) is 27.9 Å². The molecule has 2 aromatic rings. The fourth-order valence-corrected chi connectivity index (χ4v) is 1.72. The Balaban J connectivity index is 2.25. The molecule has 0 saturated heterocycles. The summed E-state index contributed by atoms with van der Waals surface area (Å²) in [6.07, 6.45) is 1.94. The molecule has 0 aliphatic heterocycles. The summed E-state index contributed by atoms with van der Waals surface area (Å²) in [6, 6.07) is 4.67. The van der Waals surface area contributed by atoms with Crippen LogP contribution in [0.4, 0.5) is 10.3 Å². The minimum atomic E-state index is -0.678. The van der Waals surface area contributed by atoms with Crippen LogP contribution in [0.1, 0.15) is 13.3 Å². The van der Waals surface area contributed by atoms with Crippen LogP contribution in [0, 0.1) is 5.82 Å². The molecular formula is C13H12Cl2FN3O. The molecule has 7 heteroatoms. The van der Waals surface area contributed by atoms with Crippen molar-refractivity contribution in [3.8, 4) is 11.6 Å². The van der Waals surface area contributed by atoms with Crippen LogP contribution in [-0.2, 0) is 0 Å². The summed E-state index contributed by atoms with van der Waals surface area (Å²) in [6.45, 7) is 2.68. The predicted molar refractivity (Wildman–Crippen MR) is 77.3 cm³/mol. The largest absolute Gasteiger partial charge is 0.435 e. The van der Waals surface area contributed by atoms with Crippen molar-refractivity contribution in [3.05, 3.63) is 40.3 Å². The number of rotatable bonds is 5. The lowest BCUT2D eigenvalue weighted by Gasteiger charge is -2.09. The van der Waals surface area contributed by atoms with Gasteiger partial charge in [-0.05, 0) is 18.6 Å². The summed E-state index contributed by atoms with van der Waals surface area (Å²) < 4.78 is 19.0. The number of ether oxygens (including phenoxy) is 1. The molecule has 0 aliphatic carbocycles. The number of hydrogen-bond donors (Lipinski definition) is 1. The lowest BCUT2D eigenvalue weighted by molar-refractivity contribution is 0.421. The van der Waals surface area contributed by atoms with Gasteiger partial charge in [0.15, 0.2) is 0 Å². The number of anilines is 1. The van der Waals surface area contributed by atoms with E-state index in [9.17, 15) is 4.39 Å². The lowest BCUT2D eigenvalue weighted by atomic mass is 10.3. The first-order valence-electron chi connectivity index (χ1n) is 5.99. The van der Waals surface area contributed by atoms with Crippen LogP contribution in [0.3, 0.4) is 0 Å². The number of nitrogens with one attached hydrogen (secondary N) is 1. The van der Waals surface area contributed by atoms with Crippen molar-refractivity contribution >= 4 is 29.2 Å². The van der Waals surface area contributed by atoms with E-state index < -0.39 is 5.82 Å². The van der Waals surface area contributed by atoms with Crippen LogP contribution in [-0.4, -0.2) is 16.5 Å². The summed E-state index contributed by atoms with van der Waals surface area (Å²) in [5, 5.41) is 3.69. The quantitative estimate of drug-likeness (QED) is 0.880. The Bertz CT molecular complexity index is 610. The maximum atomic E-state index is 13.7. The molecule has 0 unspecified atom stereocenters. The smallest absolute Gasteiger partial charge is 0.260 e. The van der Waals surface area contributed by atoms with Gasteiger partial charge in [-0.2, -0.15) is 9.37 Å². The molecule has 106 valence electrons. The van der Waals surface area contributed by atoms with Crippen molar-refractivity contribution in [2.24, 2.45) is 0 Å². The number of nitrogens with zero attached hydrogens (tertiary/aromatic N) is 2. The van der Waals surface area contributed by atoms with Crippen LogP contribution < -0.4 is 10.1 Å². The molecule has 1 heterocycles. The van der Waals surface area contributed by atoms with Gasteiger partial charge in [0.25, 0.3) is 5.88 Å². The van der Waals surface area contributed by atoms with Gasteiger partial charge in [0, 0.05) is 17.6 Å². The van der Waals surface area contributed by atoms with Gasteiger partial charge in [-0.3, -0.25) is 0 Å². The second kappa shape index (κ2) is 6.72. The third kappa shape index (κ3) is 3.71. The van der Waals surface area contributed by atoms with Gasteiger partial charge in [0.05, 0.1) is 11.2 Å². The fourth-order valence-electron chi connectivity index (χ4n) is 1.40. The van der Waals surface area contributed by atoms with Crippen molar-refractivity contribution in [3.63, 3.8) is 0 Å². The van der Waals surface area contributed by atoms with Crippen molar-refractivity contribution in [1.82, 2.24) is 9.97 Å². The van der Waals surface area contributed by atoms with Gasteiger partial charge < -0.3 is 10.1 Å². The Labute approximate surface area is 125 Å². The van der Waals surface area contributed by atoms with E-state index in [1.54, 1.807) is 12.1 Å². The molecule has 4 nitrogen and oxygen atoms in total. The Kier molecular flexibility index (Phi) is 4.98. The first-order chi connectivity index (χ1) is 9.60. The Hall–Kier alpha value is -1.59. The third-order valence-corrected chi connectivity index (χ3v) is 2.89. The molecule has 0 saturated carbocycles. The molecule has 20 heavy (non-hydrogen) atoms. The molecule has 1 N–H and O–H groups in total. The highest BCUT2D eigenvalue weighted by Gasteiger charge is 2.12. The first-order valence-corrected chi connectivity index (χ1v) is 6.75. The number of halogens is 3. The normalized spacial score (nSPS) is 10.4. The minimum Gasteiger partial charge on any atom is -0.435 e. The topological polar surface area (TPSA) is 47.0 Å². The Morgan fingerprint density at radius 3 is 2.90 bits per heavy atom. The average Bonchev–Trinajstić information content (AvgIpc) is 2.43. The summed E-state index contributed by atoms with van der Waals surface area (Å²) in [5.41, 5.74) is 0. The number of benzene rings is 1. The first kappa shape index (κ1) is 14.8. The molecule has 2 rings (SSSR count). The predicted octanol–water partition coefficient (Wildman–Crippen LogP) is 4.54. The molecule has 0 aliphatic rings. The maximum absolute atomic E-state index is 13.7. The van der Waals surface area contributed by atoms with E-state index >= 15 is 0 Å². The maximum Gasteiger partial charge on any atom is 0.260 e. The average molecular weight is 316 g/mol. The van der Waals surface area contributed by atoms with E-state index in [1.165, 1.54) is 6.07 Å². The van der Waals surface area contributed by atoms with Gasteiger partial charge in [-0.1, -0.05) is 30.1 Å². The molecular weight excluding hydrogens is 304 g/mol. The highest BCUT2D eigenvalue weighted by molar-refractivity contribution is 6.34. The second-order valence-electron chi connectivity index (χ2n) is 3.95. The monoisotopic (exact) mass is 315 g/mol.